The van der Waals surface area contributed by atoms with E-state index in [1.54, 1.807) is 11.3 Å². The predicted octanol–water partition coefficient (Wildman–Crippen LogP) is 2.23. The first-order chi connectivity index (χ1) is 10.9. The topological polar surface area (TPSA) is 45.7 Å². The second-order valence-corrected chi connectivity index (χ2v) is 8.55. The maximum Gasteiger partial charge on any atom is 0.273 e. The van der Waals surface area contributed by atoms with Crippen LogP contribution in [0.5, 0.6) is 0 Å². The summed E-state index contributed by atoms with van der Waals surface area (Å²) in [5, 5.41) is 2.94. The molecule has 1 amide bonds. The van der Waals surface area contributed by atoms with Crippen molar-refractivity contribution < 1.29 is 9.53 Å². The molecule has 0 N–H and O–H groups in total. The van der Waals surface area contributed by atoms with Crippen molar-refractivity contribution in [3.63, 3.8) is 0 Å². The van der Waals surface area contributed by atoms with E-state index in [1.165, 1.54) is 0 Å². The van der Waals surface area contributed by atoms with E-state index in [9.17, 15) is 4.79 Å². The van der Waals surface area contributed by atoms with Crippen LogP contribution < -0.4 is 0 Å². The van der Waals surface area contributed by atoms with Crippen LogP contribution in [0.4, 0.5) is 0 Å². The molecule has 2 saturated heterocycles. The Morgan fingerprint density at radius 1 is 1.30 bits per heavy atom. The van der Waals surface area contributed by atoms with Gasteiger partial charge in [-0.25, -0.2) is 4.98 Å². The molecule has 6 heteroatoms. The van der Waals surface area contributed by atoms with E-state index in [0.29, 0.717) is 17.7 Å². The van der Waals surface area contributed by atoms with Crippen molar-refractivity contribution in [2.75, 3.05) is 39.4 Å². The Morgan fingerprint density at radius 3 is 2.61 bits per heavy atom. The lowest BCUT2D eigenvalue weighted by Gasteiger charge is -2.33. The Kier molecular flexibility index (Phi) is 4.76. The van der Waals surface area contributed by atoms with Gasteiger partial charge in [-0.1, -0.05) is 27.7 Å². The van der Waals surface area contributed by atoms with Gasteiger partial charge >= 0.3 is 0 Å². The number of morpholine rings is 1. The van der Waals surface area contributed by atoms with Crippen molar-refractivity contribution in [2.24, 2.45) is 5.92 Å². The number of hydrogen-bond acceptors (Lipinski definition) is 5. The average molecular weight is 337 g/mol. The Bertz CT molecular complexity index is 560. The molecular formula is C17H27N3O2S. The summed E-state index contributed by atoms with van der Waals surface area (Å²) in [5.74, 6) is 0.581. The monoisotopic (exact) mass is 337 g/mol. The first-order valence-electron chi connectivity index (χ1n) is 8.43. The Hall–Kier alpha value is -0.980. The lowest BCUT2D eigenvalue weighted by Crippen LogP contribution is -2.47. The van der Waals surface area contributed by atoms with E-state index in [0.717, 1.165) is 44.4 Å². The molecule has 0 radical (unpaired) electrons. The lowest BCUT2D eigenvalue weighted by atomic mass is 9.98. The summed E-state index contributed by atoms with van der Waals surface area (Å²) < 4.78 is 5.44. The number of ether oxygens (including phenoxy) is 1. The minimum atomic E-state index is -0.00215. The molecule has 128 valence electrons. The van der Waals surface area contributed by atoms with E-state index < -0.39 is 0 Å². The molecule has 2 aliphatic rings. The van der Waals surface area contributed by atoms with E-state index in [2.05, 4.69) is 37.6 Å². The third-order valence-corrected chi connectivity index (χ3v) is 6.01. The lowest BCUT2D eigenvalue weighted by molar-refractivity contribution is 0.0119. The summed E-state index contributed by atoms with van der Waals surface area (Å²) >= 11 is 1.59. The molecular weight excluding hydrogens is 310 g/mol. The van der Waals surface area contributed by atoms with Crippen LogP contribution in [0.2, 0.25) is 0 Å². The van der Waals surface area contributed by atoms with Crippen molar-refractivity contribution in [1.29, 1.82) is 0 Å². The van der Waals surface area contributed by atoms with Crippen LogP contribution >= 0.6 is 11.3 Å². The van der Waals surface area contributed by atoms with E-state index in [1.807, 2.05) is 10.3 Å². The first-order valence-corrected chi connectivity index (χ1v) is 9.31. The zero-order valence-corrected chi connectivity index (χ0v) is 15.4. The van der Waals surface area contributed by atoms with Gasteiger partial charge in [-0.05, 0) is 5.92 Å². The van der Waals surface area contributed by atoms with Gasteiger partial charge in [0.15, 0.2) is 0 Å². The molecule has 0 unspecified atom stereocenters. The summed E-state index contributed by atoms with van der Waals surface area (Å²) in [6.07, 6.45) is 0. The average Bonchev–Trinajstić information content (AvgIpc) is 3.14. The molecule has 0 aromatic carbocycles. The number of thiazole rings is 1. The molecule has 0 saturated carbocycles. The quantitative estimate of drug-likeness (QED) is 0.830. The molecule has 2 aliphatic heterocycles. The maximum absolute atomic E-state index is 12.8. The summed E-state index contributed by atoms with van der Waals surface area (Å²) in [7, 11) is 0. The number of hydrogen-bond donors (Lipinski definition) is 0. The molecule has 0 aliphatic carbocycles. The third-order valence-electron chi connectivity index (χ3n) is 4.74. The van der Waals surface area contributed by atoms with Gasteiger partial charge in [0.25, 0.3) is 5.91 Å². The fraction of sp³-hybridized carbons (Fsp3) is 0.765. The summed E-state index contributed by atoms with van der Waals surface area (Å²) in [4.78, 5) is 21.8. The van der Waals surface area contributed by atoms with E-state index >= 15 is 0 Å². The molecule has 3 heterocycles. The van der Waals surface area contributed by atoms with Gasteiger partial charge in [-0.2, -0.15) is 0 Å². The van der Waals surface area contributed by atoms with Crippen LogP contribution in [0.3, 0.4) is 0 Å². The van der Waals surface area contributed by atoms with Crippen molar-refractivity contribution in [3.8, 4) is 0 Å². The van der Waals surface area contributed by atoms with Crippen LogP contribution in [-0.2, 0) is 10.2 Å². The summed E-state index contributed by atoms with van der Waals surface area (Å²) in [6.45, 7) is 13.8. The Morgan fingerprint density at radius 2 is 2.00 bits per heavy atom. The Balaban J connectivity index is 1.67. The van der Waals surface area contributed by atoms with Gasteiger partial charge in [0.2, 0.25) is 0 Å². The van der Waals surface area contributed by atoms with Gasteiger partial charge in [0.1, 0.15) is 5.69 Å². The van der Waals surface area contributed by atoms with Crippen molar-refractivity contribution in [1.82, 2.24) is 14.8 Å². The minimum absolute atomic E-state index is 0.00215. The van der Waals surface area contributed by atoms with Crippen molar-refractivity contribution in [2.45, 2.75) is 39.2 Å². The molecule has 2 atom stereocenters. The van der Waals surface area contributed by atoms with Gasteiger partial charge in [0.05, 0.1) is 18.2 Å². The number of rotatable bonds is 2. The van der Waals surface area contributed by atoms with Gasteiger partial charge in [-0.15, -0.1) is 11.3 Å². The number of aromatic nitrogens is 1. The molecule has 1 aromatic rings. The van der Waals surface area contributed by atoms with Crippen LogP contribution in [0.1, 0.15) is 43.2 Å². The fourth-order valence-electron chi connectivity index (χ4n) is 3.38. The van der Waals surface area contributed by atoms with Gasteiger partial charge < -0.3 is 9.64 Å². The molecule has 0 spiro atoms. The zero-order chi connectivity index (χ0) is 16.6. The number of carbonyl (C=O) groups excluding carboxylic acids is 1. The van der Waals surface area contributed by atoms with Crippen molar-refractivity contribution in [3.05, 3.63) is 16.1 Å². The highest BCUT2D eigenvalue weighted by Gasteiger charge is 2.37. The van der Waals surface area contributed by atoms with Crippen LogP contribution in [0, 0.1) is 5.92 Å². The van der Waals surface area contributed by atoms with E-state index in [4.69, 9.17) is 4.74 Å². The Labute approximate surface area is 142 Å². The highest BCUT2D eigenvalue weighted by Crippen LogP contribution is 2.28. The summed E-state index contributed by atoms with van der Waals surface area (Å²) in [6, 6.07) is 0.448. The standard InChI is InChI=1S/C17H27N3O2S/c1-12-9-20(10-14(12)19-5-7-22-8-6-19)15(21)13-11-23-16(18-13)17(2,3)4/h11-12,14H,5-10H2,1-4H3/t12-,14-/m0/s1. The molecule has 2 fully saturated rings. The fourth-order valence-corrected chi connectivity index (χ4v) is 4.26. The smallest absolute Gasteiger partial charge is 0.273 e. The number of nitrogens with zero attached hydrogens (tertiary/aromatic N) is 3. The normalized spacial score (nSPS) is 26.7. The highest BCUT2D eigenvalue weighted by atomic mass is 32.1. The maximum atomic E-state index is 12.8. The zero-order valence-electron chi connectivity index (χ0n) is 14.5. The number of likely N-dealkylation sites (tertiary alicyclic amines) is 1. The molecule has 3 rings (SSSR count). The molecule has 0 bridgehead atoms. The number of amides is 1. The summed E-state index contributed by atoms with van der Waals surface area (Å²) in [5.41, 5.74) is 0.604. The number of carbonyl (C=O) groups is 1. The van der Waals surface area contributed by atoms with Crippen LogP contribution in [-0.4, -0.2) is 66.1 Å². The van der Waals surface area contributed by atoms with Gasteiger partial charge in [0, 0.05) is 43.0 Å². The third kappa shape index (κ3) is 3.59. The van der Waals surface area contributed by atoms with Crippen molar-refractivity contribution >= 4 is 17.2 Å². The van der Waals surface area contributed by atoms with E-state index in [-0.39, 0.29) is 11.3 Å². The van der Waals surface area contributed by atoms with Crippen LogP contribution in [0.25, 0.3) is 0 Å². The second-order valence-electron chi connectivity index (χ2n) is 7.69. The van der Waals surface area contributed by atoms with Crippen LogP contribution in [0.15, 0.2) is 5.38 Å². The molecule has 23 heavy (non-hydrogen) atoms. The second kappa shape index (κ2) is 6.49. The van der Waals surface area contributed by atoms with Gasteiger partial charge in [-0.3, -0.25) is 9.69 Å². The SMILES string of the molecule is C[C@H]1CN(C(=O)c2csc(C(C)(C)C)n2)C[C@@H]1N1CCOCC1. The predicted molar refractivity (Wildman–Crippen MR) is 92.1 cm³/mol. The minimum Gasteiger partial charge on any atom is -0.379 e. The highest BCUT2D eigenvalue weighted by molar-refractivity contribution is 7.10. The first kappa shape index (κ1) is 16.9. The molecule has 5 nitrogen and oxygen atoms in total. The largest absolute Gasteiger partial charge is 0.379 e. The molecule has 1 aromatic heterocycles.